The van der Waals surface area contributed by atoms with Crippen LogP contribution in [0.15, 0.2) is 24.3 Å². The minimum Gasteiger partial charge on any atom is -0.388 e. The summed E-state index contributed by atoms with van der Waals surface area (Å²) in [5, 5.41) is 9.96. The molecule has 98 valence electrons. The second-order valence-electron chi connectivity index (χ2n) is 4.47. The van der Waals surface area contributed by atoms with E-state index in [1.807, 2.05) is 38.1 Å². The maximum Gasteiger partial charge on any atom is 0.324 e. The Morgan fingerprint density at radius 2 is 2.06 bits per heavy atom. The molecule has 18 heavy (non-hydrogen) atoms. The van der Waals surface area contributed by atoms with Gasteiger partial charge in [-0.15, -0.1) is 0 Å². The molecule has 1 unspecified atom stereocenters. The van der Waals surface area contributed by atoms with Gasteiger partial charge in [0.05, 0.1) is 11.8 Å². The number of carbonyl (C=O) groups excluding carboxylic acids is 1. The Balaban J connectivity index is 2.31. The van der Waals surface area contributed by atoms with Crippen LogP contribution in [-0.4, -0.2) is 35.7 Å². The van der Waals surface area contributed by atoms with E-state index in [-0.39, 0.29) is 6.03 Å². The first kappa shape index (κ1) is 12.9. The van der Waals surface area contributed by atoms with Crippen molar-refractivity contribution >= 4 is 11.7 Å². The summed E-state index contributed by atoms with van der Waals surface area (Å²) < 4.78 is 0. The number of para-hydroxylation sites is 1. The summed E-state index contributed by atoms with van der Waals surface area (Å²) in [5.41, 5.74) is 1.69. The number of hydrogen-bond acceptors (Lipinski definition) is 2. The number of nitrogens with zero attached hydrogens (tertiary/aromatic N) is 2. The summed E-state index contributed by atoms with van der Waals surface area (Å²) >= 11 is 0. The number of benzene rings is 1. The standard InChI is InChI=1S/C14H20N2O2/c1-3-15(4-2)14(18)16-10-9-13(17)11-7-5-6-8-12(11)16/h5-8,13,17H,3-4,9-10H2,1-2H3. The molecule has 0 fully saturated rings. The minimum atomic E-state index is -0.457. The van der Waals surface area contributed by atoms with Gasteiger partial charge in [0.15, 0.2) is 0 Å². The highest BCUT2D eigenvalue weighted by molar-refractivity contribution is 5.93. The molecule has 0 bridgehead atoms. The fraction of sp³-hybridized carbons (Fsp3) is 0.500. The van der Waals surface area contributed by atoms with Crippen molar-refractivity contribution in [3.05, 3.63) is 29.8 Å². The monoisotopic (exact) mass is 248 g/mol. The second-order valence-corrected chi connectivity index (χ2v) is 4.47. The number of fused-ring (bicyclic) bond motifs is 1. The SMILES string of the molecule is CCN(CC)C(=O)N1CCC(O)c2ccccc21. The van der Waals surface area contributed by atoms with Gasteiger partial charge in [-0.2, -0.15) is 0 Å². The summed E-state index contributed by atoms with van der Waals surface area (Å²) in [5.74, 6) is 0. The first-order valence-corrected chi connectivity index (χ1v) is 6.52. The molecular weight excluding hydrogens is 228 g/mol. The largest absolute Gasteiger partial charge is 0.388 e. The van der Waals surface area contributed by atoms with Crippen molar-refractivity contribution in [2.75, 3.05) is 24.5 Å². The van der Waals surface area contributed by atoms with Gasteiger partial charge in [-0.05, 0) is 26.3 Å². The van der Waals surface area contributed by atoms with Crippen LogP contribution >= 0.6 is 0 Å². The van der Waals surface area contributed by atoms with Gasteiger partial charge in [0, 0.05) is 25.2 Å². The van der Waals surface area contributed by atoms with Gasteiger partial charge in [-0.25, -0.2) is 4.79 Å². The van der Waals surface area contributed by atoms with E-state index in [4.69, 9.17) is 0 Å². The molecule has 4 nitrogen and oxygen atoms in total. The van der Waals surface area contributed by atoms with Gasteiger partial charge in [-0.3, -0.25) is 4.90 Å². The number of rotatable bonds is 2. The average molecular weight is 248 g/mol. The molecule has 0 saturated heterocycles. The van der Waals surface area contributed by atoms with Crippen LogP contribution in [0, 0.1) is 0 Å². The highest BCUT2D eigenvalue weighted by Crippen LogP contribution is 2.33. The van der Waals surface area contributed by atoms with Gasteiger partial charge in [0.2, 0.25) is 0 Å². The molecule has 4 heteroatoms. The highest BCUT2D eigenvalue weighted by atomic mass is 16.3. The predicted molar refractivity (Wildman–Crippen MR) is 71.7 cm³/mol. The van der Waals surface area contributed by atoms with Crippen molar-refractivity contribution in [1.29, 1.82) is 0 Å². The van der Waals surface area contributed by atoms with Crippen molar-refractivity contribution in [3.63, 3.8) is 0 Å². The first-order valence-electron chi connectivity index (χ1n) is 6.52. The third kappa shape index (κ3) is 2.20. The lowest BCUT2D eigenvalue weighted by molar-refractivity contribution is 0.161. The van der Waals surface area contributed by atoms with Crippen molar-refractivity contribution in [2.45, 2.75) is 26.4 Å². The Bertz CT molecular complexity index is 430. The maximum absolute atomic E-state index is 12.4. The van der Waals surface area contributed by atoms with E-state index in [2.05, 4.69) is 0 Å². The highest BCUT2D eigenvalue weighted by Gasteiger charge is 2.28. The van der Waals surface area contributed by atoms with Crippen LogP contribution in [0.1, 0.15) is 31.9 Å². The van der Waals surface area contributed by atoms with E-state index in [9.17, 15) is 9.90 Å². The zero-order chi connectivity index (χ0) is 13.1. The maximum atomic E-state index is 12.4. The van der Waals surface area contributed by atoms with Gasteiger partial charge in [-0.1, -0.05) is 18.2 Å². The molecule has 2 rings (SSSR count). The molecule has 1 aliphatic rings. The van der Waals surface area contributed by atoms with Crippen LogP contribution in [-0.2, 0) is 0 Å². The molecule has 1 heterocycles. The van der Waals surface area contributed by atoms with E-state index >= 15 is 0 Å². The fourth-order valence-corrected chi connectivity index (χ4v) is 2.41. The van der Waals surface area contributed by atoms with Crippen molar-refractivity contribution in [2.24, 2.45) is 0 Å². The van der Waals surface area contributed by atoms with E-state index in [1.54, 1.807) is 9.80 Å². The molecule has 1 aliphatic heterocycles. The van der Waals surface area contributed by atoms with Gasteiger partial charge in [0.25, 0.3) is 0 Å². The van der Waals surface area contributed by atoms with Crippen molar-refractivity contribution in [3.8, 4) is 0 Å². The van der Waals surface area contributed by atoms with Crippen LogP contribution in [0.25, 0.3) is 0 Å². The number of amides is 2. The number of aliphatic hydroxyl groups is 1. The van der Waals surface area contributed by atoms with Crippen LogP contribution in [0.2, 0.25) is 0 Å². The van der Waals surface area contributed by atoms with Crippen molar-refractivity contribution in [1.82, 2.24) is 4.90 Å². The van der Waals surface area contributed by atoms with E-state index < -0.39 is 6.10 Å². The predicted octanol–water partition coefficient (Wildman–Crippen LogP) is 2.39. The third-order valence-electron chi connectivity index (χ3n) is 3.48. The number of urea groups is 1. The fourth-order valence-electron chi connectivity index (χ4n) is 2.41. The number of aliphatic hydroxyl groups excluding tert-OH is 1. The Hall–Kier alpha value is -1.55. The van der Waals surface area contributed by atoms with E-state index in [0.717, 1.165) is 11.3 Å². The van der Waals surface area contributed by atoms with Crippen LogP contribution in [0.5, 0.6) is 0 Å². The molecule has 0 aliphatic carbocycles. The van der Waals surface area contributed by atoms with E-state index in [1.165, 1.54) is 0 Å². The van der Waals surface area contributed by atoms with Gasteiger partial charge < -0.3 is 10.0 Å². The quantitative estimate of drug-likeness (QED) is 0.873. The van der Waals surface area contributed by atoms with Gasteiger partial charge >= 0.3 is 6.03 Å². The summed E-state index contributed by atoms with van der Waals surface area (Å²) in [6.07, 6.45) is 0.145. The van der Waals surface area contributed by atoms with Crippen LogP contribution in [0.4, 0.5) is 10.5 Å². The Morgan fingerprint density at radius 1 is 1.39 bits per heavy atom. The Morgan fingerprint density at radius 3 is 2.72 bits per heavy atom. The minimum absolute atomic E-state index is 0.0272. The molecule has 1 aromatic rings. The molecule has 2 amide bonds. The second kappa shape index (κ2) is 5.40. The number of hydrogen-bond donors (Lipinski definition) is 1. The zero-order valence-corrected chi connectivity index (χ0v) is 11.0. The van der Waals surface area contributed by atoms with Crippen LogP contribution in [0.3, 0.4) is 0 Å². The zero-order valence-electron chi connectivity index (χ0n) is 11.0. The summed E-state index contributed by atoms with van der Waals surface area (Å²) in [6.45, 7) is 5.94. The summed E-state index contributed by atoms with van der Waals surface area (Å²) in [4.78, 5) is 16.0. The molecule has 1 aromatic carbocycles. The lowest BCUT2D eigenvalue weighted by Crippen LogP contribution is -2.45. The molecular formula is C14H20N2O2. The number of anilines is 1. The lowest BCUT2D eigenvalue weighted by atomic mass is 9.99. The molecule has 0 aromatic heterocycles. The molecule has 0 saturated carbocycles. The molecule has 1 atom stereocenters. The first-order chi connectivity index (χ1) is 8.69. The lowest BCUT2D eigenvalue weighted by Gasteiger charge is -2.35. The molecule has 0 spiro atoms. The van der Waals surface area contributed by atoms with E-state index in [0.29, 0.717) is 26.1 Å². The van der Waals surface area contributed by atoms with Gasteiger partial charge in [0.1, 0.15) is 0 Å². The topological polar surface area (TPSA) is 43.8 Å². The summed E-state index contributed by atoms with van der Waals surface area (Å²) in [6, 6.07) is 7.62. The summed E-state index contributed by atoms with van der Waals surface area (Å²) in [7, 11) is 0. The normalized spacial score (nSPS) is 18.4. The average Bonchev–Trinajstić information content (AvgIpc) is 2.41. The number of carbonyl (C=O) groups is 1. The molecule has 1 N–H and O–H groups in total. The Kier molecular flexibility index (Phi) is 3.87. The van der Waals surface area contributed by atoms with Crippen molar-refractivity contribution < 1.29 is 9.90 Å². The third-order valence-corrected chi connectivity index (χ3v) is 3.48. The molecule has 0 radical (unpaired) electrons. The Labute approximate surface area is 108 Å². The smallest absolute Gasteiger partial charge is 0.324 e. The van der Waals surface area contributed by atoms with Crippen LogP contribution < -0.4 is 4.90 Å².